The average molecular weight is 334 g/mol. The lowest BCUT2D eigenvalue weighted by Crippen LogP contribution is -2.49. The summed E-state index contributed by atoms with van der Waals surface area (Å²) in [6, 6.07) is 2.00. The number of hydrogen-bond acceptors (Lipinski definition) is 4. The number of amides is 2. The van der Waals surface area contributed by atoms with E-state index in [0.29, 0.717) is 19.6 Å². The normalized spacial score (nSPS) is 21.4. The molecule has 124 valence electrons. The van der Waals surface area contributed by atoms with E-state index in [1.54, 1.807) is 11.3 Å². The van der Waals surface area contributed by atoms with Crippen LogP contribution in [0.15, 0.2) is 16.8 Å². The Bertz CT molecular complexity index is 648. The Labute approximate surface area is 139 Å². The van der Waals surface area contributed by atoms with Gasteiger partial charge in [-0.1, -0.05) is 0 Å². The Hall–Kier alpha value is -1.86. The highest BCUT2D eigenvalue weighted by Crippen LogP contribution is 2.26. The van der Waals surface area contributed by atoms with E-state index in [2.05, 4.69) is 27.0 Å². The molecule has 1 aliphatic rings. The van der Waals surface area contributed by atoms with Gasteiger partial charge in [0.25, 0.3) is 0 Å². The first kappa shape index (κ1) is 16.0. The number of ether oxygens (including phenoxy) is 1. The van der Waals surface area contributed by atoms with Gasteiger partial charge in [-0.15, -0.1) is 0 Å². The number of thiophene rings is 1. The van der Waals surface area contributed by atoms with Crippen LogP contribution in [0.4, 0.5) is 4.79 Å². The van der Waals surface area contributed by atoms with Gasteiger partial charge in [-0.2, -0.15) is 16.4 Å². The highest BCUT2D eigenvalue weighted by molar-refractivity contribution is 7.07. The molecule has 0 spiro atoms. The first-order valence-corrected chi connectivity index (χ1v) is 8.69. The van der Waals surface area contributed by atoms with Crippen molar-refractivity contribution in [3.8, 4) is 0 Å². The van der Waals surface area contributed by atoms with Crippen LogP contribution < -0.4 is 5.32 Å². The Balaban J connectivity index is 1.62. The lowest BCUT2D eigenvalue weighted by Gasteiger charge is -2.36. The maximum absolute atomic E-state index is 12.5. The number of aryl methyl sites for hydroxylation is 2. The van der Waals surface area contributed by atoms with Gasteiger partial charge in [0, 0.05) is 24.3 Å². The highest BCUT2D eigenvalue weighted by atomic mass is 32.1. The molecule has 1 aliphatic heterocycles. The number of hydrogen-bond donors (Lipinski definition) is 2. The van der Waals surface area contributed by atoms with Gasteiger partial charge < -0.3 is 15.0 Å². The summed E-state index contributed by atoms with van der Waals surface area (Å²) in [5.74, 6) is 0. The second-order valence-electron chi connectivity index (χ2n) is 5.97. The van der Waals surface area contributed by atoms with Crippen molar-refractivity contribution >= 4 is 17.4 Å². The quantitative estimate of drug-likeness (QED) is 0.907. The van der Waals surface area contributed by atoms with Crippen molar-refractivity contribution in [3.05, 3.63) is 39.3 Å². The molecular weight excluding hydrogens is 312 g/mol. The van der Waals surface area contributed by atoms with Gasteiger partial charge >= 0.3 is 6.03 Å². The van der Waals surface area contributed by atoms with E-state index in [1.165, 1.54) is 0 Å². The molecule has 2 aromatic heterocycles. The summed E-state index contributed by atoms with van der Waals surface area (Å²) in [5.41, 5.74) is 4.11. The molecule has 3 rings (SSSR count). The molecule has 7 heteroatoms. The third-order valence-electron chi connectivity index (χ3n) is 4.16. The molecule has 0 saturated carbocycles. The lowest BCUT2D eigenvalue weighted by molar-refractivity contribution is -0.0655. The molecule has 1 fully saturated rings. The van der Waals surface area contributed by atoms with Crippen LogP contribution in [0.2, 0.25) is 0 Å². The summed E-state index contributed by atoms with van der Waals surface area (Å²) in [7, 11) is 0. The summed E-state index contributed by atoms with van der Waals surface area (Å²) in [6.45, 7) is 7.58. The molecule has 2 N–H and O–H groups in total. The Morgan fingerprint density at radius 2 is 2.35 bits per heavy atom. The second-order valence-corrected chi connectivity index (χ2v) is 6.75. The van der Waals surface area contributed by atoms with Crippen LogP contribution in [0.3, 0.4) is 0 Å². The Morgan fingerprint density at radius 3 is 3.00 bits per heavy atom. The molecule has 0 bridgehead atoms. The maximum Gasteiger partial charge on any atom is 0.317 e. The number of carbonyl (C=O) groups excluding carboxylic acids is 1. The second kappa shape index (κ2) is 6.72. The molecule has 2 amide bonds. The predicted octanol–water partition coefficient (Wildman–Crippen LogP) is 2.76. The standard InChI is InChI=1S/C16H22N4O2S/c1-10-7-20(8-15(22-10)13-4-5-23-9-13)16(21)17-6-14-11(2)18-19-12(14)3/h4-5,9-10,15H,6-8H2,1-3H3,(H,17,21)(H,18,19). The fourth-order valence-electron chi connectivity index (χ4n) is 2.87. The van der Waals surface area contributed by atoms with Crippen LogP contribution >= 0.6 is 11.3 Å². The smallest absolute Gasteiger partial charge is 0.317 e. The monoisotopic (exact) mass is 334 g/mol. The van der Waals surface area contributed by atoms with Crippen LogP contribution in [0.25, 0.3) is 0 Å². The SMILES string of the molecule is Cc1n[nH]c(C)c1CNC(=O)N1CC(C)OC(c2ccsc2)C1. The van der Waals surface area contributed by atoms with E-state index in [1.807, 2.05) is 31.1 Å². The van der Waals surface area contributed by atoms with Gasteiger partial charge in [-0.25, -0.2) is 4.79 Å². The molecule has 2 atom stereocenters. The zero-order chi connectivity index (χ0) is 16.4. The fourth-order valence-corrected chi connectivity index (χ4v) is 3.57. The van der Waals surface area contributed by atoms with Crippen LogP contribution in [0.1, 0.15) is 35.5 Å². The minimum Gasteiger partial charge on any atom is -0.367 e. The zero-order valence-electron chi connectivity index (χ0n) is 13.6. The molecule has 1 saturated heterocycles. The average Bonchev–Trinajstić information content (AvgIpc) is 3.16. The third kappa shape index (κ3) is 3.56. The minimum atomic E-state index is -0.0552. The first-order chi connectivity index (χ1) is 11.0. The molecule has 0 radical (unpaired) electrons. The summed E-state index contributed by atoms with van der Waals surface area (Å²) in [5, 5.41) is 14.2. The summed E-state index contributed by atoms with van der Waals surface area (Å²) in [6.07, 6.45) is -0.0232. The lowest BCUT2D eigenvalue weighted by atomic mass is 10.1. The van der Waals surface area contributed by atoms with Crippen molar-refractivity contribution < 1.29 is 9.53 Å². The Morgan fingerprint density at radius 1 is 1.52 bits per heavy atom. The fraction of sp³-hybridized carbons (Fsp3) is 0.500. The van der Waals surface area contributed by atoms with E-state index in [4.69, 9.17) is 4.74 Å². The van der Waals surface area contributed by atoms with Crippen LogP contribution in [0, 0.1) is 13.8 Å². The van der Waals surface area contributed by atoms with E-state index < -0.39 is 0 Å². The number of morpholine rings is 1. The third-order valence-corrected chi connectivity index (χ3v) is 4.86. The van der Waals surface area contributed by atoms with Crippen LogP contribution in [-0.2, 0) is 11.3 Å². The number of urea groups is 1. The molecule has 2 aromatic rings. The van der Waals surface area contributed by atoms with E-state index in [0.717, 1.165) is 22.5 Å². The van der Waals surface area contributed by atoms with E-state index >= 15 is 0 Å². The molecule has 23 heavy (non-hydrogen) atoms. The zero-order valence-corrected chi connectivity index (χ0v) is 14.4. The van der Waals surface area contributed by atoms with Gasteiger partial charge in [0.1, 0.15) is 6.10 Å². The molecular formula is C16H22N4O2S. The molecule has 2 unspecified atom stereocenters. The van der Waals surface area contributed by atoms with E-state index in [-0.39, 0.29) is 18.2 Å². The number of H-pyrrole nitrogens is 1. The number of nitrogens with one attached hydrogen (secondary N) is 2. The van der Waals surface area contributed by atoms with Gasteiger partial charge in [0.15, 0.2) is 0 Å². The summed E-state index contributed by atoms with van der Waals surface area (Å²) >= 11 is 1.65. The van der Waals surface area contributed by atoms with Crippen LogP contribution in [0.5, 0.6) is 0 Å². The molecule has 0 aromatic carbocycles. The predicted molar refractivity (Wildman–Crippen MR) is 89.5 cm³/mol. The maximum atomic E-state index is 12.5. The van der Waals surface area contributed by atoms with Crippen molar-refractivity contribution in [3.63, 3.8) is 0 Å². The molecule has 6 nitrogen and oxygen atoms in total. The van der Waals surface area contributed by atoms with Gasteiger partial charge in [0.2, 0.25) is 0 Å². The van der Waals surface area contributed by atoms with Crippen molar-refractivity contribution in [2.24, 2.45) is 0 Å². The van der Waals surface area contributed by atoms with Crippen LogP contribution in [-0.4, -0.2) is 40.3 Å². The van der Waals surface area contributed by atoms with E-state index in [9.17, 15) is 4.79 Å². The molecule has 0 aliphatic carbocycles. The number of aromatic amines is 1. The van der Waals surface area contributed by atoms with Crippen molar-refractivity contribution in [1.82, 2.24) is 20.4 Å². The number of nitrogens with zero attached hydrogens (tertiary/aromatic N) is 2. The molecule has 3 heterocycles. The summed E-state index contributed by atoms with van der Waals surface area (Å²) < 4.78 is 5.97. The number of aromatic nitrogens is 2. The van der Waals surface area contributed by atoms with Gasteiger partial charge in [0.05, 0.1) is 18.3 Å². The number of rotatable bonds is 3. The Kier molecular flexibility index (Phi) is 4.68. The van der Waals surface area contributed by atoms with Gasteiger partial charge in [-0.05, 0) is 43.2 Å². The topological polar surface area (TPSA) is 70.2 Å². The number of carbonyl (C=O) groups is 1. The summed E-state index contributed by atoms with van der Waals surface area (Å²) in [4.78, 5) is 14.3. The highest BCUT2D eigenvalue weighted by Gasteiger charge is 2.29. The van der Waals surface area contributed by atoms with Crippen molar-refractivity contribution in [2.45, 2.75) is 39.5 Å². The largest absolute Gasteiger partial charge is 0.367 e. The minimum absolute atomic E-state index is 0.0248. The van der Waals surface area contributed by atoms with Crippen molar-refractivity contribution in [1.29, 1.82) is 0 Å². The van der Waals surface area contributed by atoms with Crippen molar-refractivity contribution in [2.75, 3.05) is 13.1 Å². The van der Waals surface area contributed by atoms with Gasteiger partial charge in [-0.3, -0.25) is 5.10 Å². The first-order valence-electron chi connectivity index (χ1n) is 7.75.